The second-order valence-electron chi connectivity index (χ2n) is 9.49. The first-order chi connectivity index (χ1) is 18.5. The molecule has 214 valence electrons. The van der Waals surface area contributed by atoms with E-state index in [2.05, 4.69) is 5.32 Å². The Morgan fingerprint density at radius 1 is 1.05 bits per heavy atom. The van der Waals surface area contributed by atoms with Crippen LogP contribution in [0.3, 0.4) is 0 Å². The minimum Gasteiger partial charge on any atom is -0.497 e. The van der Waals surface area contributed by atoms with Crippen LogP contribution in [0, 0.1) is 0 Å². The average Bonchev–Trinajstić information content (AvgIpc) is 3.41. The lowest BCUT2D eigenvalue weighted by Crippen LogP contribution is -2.53. The first-order valence-corrected chi connectivity index (χ1v) is 15.3. The zero-order valence-corrected chi connectivity index (χ0v) is 24.9. The van der Waals surface area contributed by atoms with Crippen LogP contribution in [0.2, 0.25) is 10.0 Å². The van der Waals surface area contributed by atoms with Crippen molar-refractivity contribution in [3.05, 3.63) is 52.0 Å². The van der Waals surface area contributed by atoms with Crippen LogP contribution in [0.5, 0.6) is 11.5 Å². The van der Waals surface area contributed by atoms with E-state index >= 15 is 0 Å². The summed E-state index contributed by atoms with van der Waals surface area (Å²) in [6.45, 7) is 1.28. The fourth-order valence-corrected chi connectivity index (χ4v) is 5.87. The molecule has 0 spiro atoms. The Morgan fingerprint density at radius 2 is 1.74 bits per heavy atom. The third-order valence-corrected chi connectivity index (χ3v) is 8.62. The maximum absolute atomic E-state index is 13.9. The number of carbonyl (C=O) groups excluding carboxylic acids is 2. The molecule has 0 aromatic heterocycles. The number of hydrogen-bond donors (Lipinski definition) is 1. The maximum atomic E-state index is 13.9. The summed E-state index contributed by atoms with van der Waals surface area (Å²) in [6.07, 6.45) is 5.19. The highest BCUT2D eigenvalue weighted by atomic mass is 35.5. The molecule has 39 heavy (non-hydrogen) atoms. The van der Waals surface area contributed by atoms with Crippen molar-refractivity contribution in [2.24, 2.45) is 0 Å². The summed E-state index contributed by atoms with van der Waals surface area (Å²) >= 11 is 12.3. The van der Waals surface area contributed by atoms with E-state index in [1.165, 1.54) is 25.2 Å². The van der Waals surface area contributed by atoms with E-state index in [0.717, 1.165) is 36.2 Å². The summed E-state index contributed by atoms with van der Waals surface area (Å²) < 4.78 is 37.5. The molecule has 1 aliphatic carbocycles. The van der Waals surface area contributed by atoms with Gasteiger partial charge in [-0.15, -0.1) is 0 Å². The molecule has 1 N–H and O–H groups in total. The molecule has 3 rings (SSSR count). The Balaban J connectivity index is 2.00. The molecule has 0 saturated heterocycles. The molecule has 0 bridgehead atoms. The molecule has 2 amide bonds. The normalized spacial score (nSPS) is 14.5. The summed E-state index contributed by atoms with van der Waals surface area (Å²) in [6, 6.07) is 8.87. The minimum absolute atomic E-state index is 0.0269. The molecule has 0 radical (unpaired) electrons. The van der Waals surface area contributed by atoms with Gasteiger partial charge in [0, 0.05) is 18.7 Å². The number of methoxy groups -OCH3 is 2. The standard InChI is InChI=1S/C27H35Cl2N3O6S/c1-5-23(27(34)30-19-8-6-7-9-19)31(16-18-10-12-21(28)22(29)14-18)26(33)17-32(39(4,35)36)24-15-20(37-2)11-13-25(24)38-3/h10-15,19,23H,5-9,16-17H2,1-4H3,(H,30,34)/t23-/m0/s1. The predicted octanol–water partition coefficient (Wildman–Crippen LogP) is 4.64. The number of hydrogen-bond acceptors (Lipinski definition) is 6. The fourth-order valence-electron chi connectivity index (χ4n) is 4.71. The zero-order chi connectivity index (χ0) is 28.7. The Bertz CT molecular complexity index is 1280. The van der Waals surface area contributed by atoms with Gasteiger partial charge in [-0.1, -0.05) is 49.0 Å². The second-order valence-corrected chi connectivity index (χ2v) is 12.2. The molecule has 0 heterocycles. The van der Waals surface area contributed by atoms with E-state index in [4.69, 9.17) is 32.7 Å². The van der Waals surface area contributed by atoms with Gasteiger partial charge in [-0.25, -0.2) is 8.42 Å². The molecule has 0 unspecified atom stereocenters. The molecular formula is C27H35Cl2N3O6S. The van der Waals surface area contributed by atoms with Crippen LogP contribution in [0.25, 0.3) is 0 Å². The number of halogens is 2. The van der Waals surface area contributed by atoms with E-state index < -0.39 is 28.5 Å². The van der Waals surface area contributed by atoms with Crippen molar-refractivity contribution in [1.29, 1.82) is 0 Å². The lowest BCUT2D eigenvalue weighted by atomic mass is 10.1. The van der Waals surface area contributed by atoms with Crippen LogP contribution in [-0.2, 0) is 26.2 Å². The number of nitrogens with zero attached hydrogens (tertiary/aromatic N) is 2. The van der Waals surface area contributed by atoms with E-state index in [9.17, 15) is 18.0 Å². The molecule has 1 aliphatic rings. The number of rotatable bonds is 12. The van der Waals surface area contributed by atoms with Crippen molar-refractivity contribution in [3.8, 4) is 11.5 Å². The van der Waals surface area contributed by atoms with Gasteiger partial charge in [-0.2, -0.15) is 0 Å². The Kier molecular flexibility index (Phi) is 10.7. The lowest BCUT2D eigenvalue weighted by Gasteiger charge is -2.33. The molecule has 2 aromatic rings. The molecule has 2 aromatic carbocycles. The number of nitrogens with one attached hydrogen (secondary N) is 1. The summed E-state index contributed by atoms with van der Waals surface area (Å²) in [5.74, 6) is -0.203. The average molecular weight is 601 g/mol. The highest BCUT2D eigenvalue weighted by molar-refractivity contribution is 7.92. The van der Waals surface area contributed by atoms with Gasteiger partial charge in [0.2, 0.25) is 21.8 Å². The van der Waals surface area contributed by atoms with Crippen molar-refractivity contribution >= 4 is 50.7 Å². The minimum atomic E-state index is -3.95. The van der Waals surface area contributed by atoms with Crippen molar-refractivity contribution in [2.45, 2.75) is 57.7 Å². The lowest BCUT2D eigenvalue weighted by molar-refractivity contribution is -0.140. The smallest absolute Gasteiger partial charge is 0.244 e. The molecule has 12 heteroatoms. The Hall–Kier alpha value is -2.69. The summed E-state index contributed by atoms with van der Waals surface area (Å²) in [5.41, 5.74) is 0.792. The molecule has 1 saturated carbocycles. The van der Waals surface area contributed by atoms with Gasteiger partial charge < -0.3 is 19.7 Å². The van der Waals surface area contributed by atoms with Gasteiger partial charge >= 0.3 is 0 Å². The predicted molar refractivity (Wildman–Crippen MR) is 153 cm³/mol. The molecule has 0 aliphatic heterocycles. The van der Waals surface area contributed by atoms with Crippen molar-refractivity contribution in [2.75, 3.05) is 31.3 Å². The van der Waals surface area contributed by atoms with Crippen LogP contribution in [0.4, 0.5) is 5.69 Å². The number of anilines is 1. The number of carbonyl (C=O) groups is 2. The Labute approximate surface area is 240 Å². The maximum Gasteiger partial charge on any atom is 0.244 e. The first kappa shape index (κ1) is 30.8. The van der Waals surface area contributed by atoms with Crippen LogP contribution >= 0.6 is 23.2 Å². The van der Waals surface area contributed by atoms with Crippen molar-refractivity contribution in [3.63, 3.8) is 0 Å². The van der Waals surface area contributed by atoms with Gasteiger partial charge in [0.25, 0.3) is 0 Å². The quantitative estimate of drug-likeness (QED) is 0.381. The van der Waals surface area contributed by atoms with Crippen LogP contribution < -0.4 is 19.1 Å². The van der Waals surface area contributed by atoms with Crippen molar-refractivity contribution in [1.82, 2.24) is 10.2 Å². The Morgan fingerprint density at radius 3 is 2.31 bits per heavy atom. The summed E-state index contributed by atoms with van der Waals surface area (Å²) in [4.78, 5) is 28.7. The number of amides is 2. The van der Waals surface area contributed by atoms with E-state index in [1.807, 2.05) is 6.92 Å². The molecule has 9 nitrogen and oxygen atoms in total. The van der Waals surface area contributed by atoms with Crippen LogP contribution in [-0.4, -0.2) is 64.2 Å². The third kappa shape index (κ3) is 7.93. The number of ether oxygens (including phenoxy) is 2. The molecular weight excluding hydrogens is 565 g/mol. The van der Waals surface area contributed by atoms with Gasteiger partial charge in [0.1, 0.15) is 24.1 Å². The van der Waals surface area contributed by atoms with Gasteiger partial charge in [-0.3, -0.25) is 13.9 Å². The fraction of sp³-hybridized carbons (Fsp3) is 0.481. The SMILES string of the molecule is CC[C@@H](C(=O)NC1CCCC1)N(Cc1ccc(Cl)c(Cl)c1)C(=O)CN(c1cc(OC)ccc1OC)S(C)(=O)=O. The highest BCUT2D eigenvalue weighted by Gasteiger charge is 2.34. The van der Waals surface area contributed by atoms with Gasteiger partial charge in [-0.05, 0) is 49.1 Å². The van der Waals surface area contributed by atoms with E-state index in [1.54, 1.807) is 30.3 Å². The largest absolute Gasteiger partial charge is 0.497 e. The van der Waals surface area contributed by atoms with Crippen molar-refractivity contribution < 1.29 is 27.5 Å². The topological polar surface area (TPSA) is 105 Å². The molecule has 1 fully saturated rings. The second kappa shape index (κ2) is 13.6. The highest BCUT2D eigenvalue weighted by Crippen LogP contribution is 2.34. The monoisotopic (exact) mass is 599 g/mol. The molecule has 1 atom stereocenters. The van der Waals surface area contributed by atoms with E-state index in [-0.39, 0.29) is 29.9 Å². The number of benzene rings is 2. The number of sulfonamides is 1. The summed E-state index contributed by atoms with van der Waals surface area (Å²) in [5, 5.41) is 3.74. The van der Waals surface area contributed by atoms with E-state index in [0.29, 0.717) is 27.8 Å². The third-order valence-electron chi connectivity index (χ3n) is 6.76. The zero-order valence-electron chi connectivity index (χ0n) is 22.6. The first-order valence-electron chi connectivity index (χ1n) is 12.7. The van der Waals surface area contributed by atoms with Crippen LogP contribution in [0.15, 0.2) is 36.4 Å². The van der Waals surface area contributed by atoms with Gasteiger partial charge in [0.05, 0.1) is 36.2 Å². The van der Waals surface area contributed by atoms with Gasteiger partial charge in [0.15, 0.2) is 0 Å². The van der Waals surface area contributed by atoms with Crippen LogP contribution in [0.1, 0.15) is 44.6 Å². The summed E-state index contributed by atoms with van der Waals surface area (Å²) in [7, 11) is -1.09.